The molecule has 0 bridgehead atoms. The van der Waals surface area contributed by atoms with E-state index in [-0.39, 0.29) is 0 Å². The zero-order chi connectivity index (χ0) is 28.8. The predicted molar refractivity (Wildman–Crippen MR) is 178 cm³/mol. The maximum absolute atomic E-state index is 4.75. The van der Waals surface area contributed by atoms with Crippen molar-refractivity contribution in [1.29, 1.82) is 0 Å². The summed E-state index contributed by atoms with van der Waals surface area (Å²) >= 11 is -4.75. The molecule has 0 aliphatic heterocycles. The number of hydrogen-bond donors (Lipinski definition) is 0. The SMILES string of the molecule is Cc1ccc(C)c(-c2cccc3c2C=C[CH]3[Hf]([CH3])([CH3])([CH3])([CH3])(=[SiH2])[CH]2C=Cc3c(-c4cc(C)ccc4C)cccc32)c1. The van der Waals surface area contributed by atoms with Crippen LogP contribution in [0.2, 0.25) is 18.7 Å². The molecule has 0 amide bonds. The molecule has 0 saturated carbocycles. The Morgan fingerprint density at radius 1 is 0.525 bits per heavy atom. The van der Waals surface area contributed by atoms with Crippen LogP contribution in [-0.4, -0.2) is 6.94 Å². The van der Waals surface area contributed by atoms with Crippen molar-refractivity contribution in [1.82, 2.24) is 0 Å². The monoisotopic (exact) mass is 708 g/mol. The quantitative estimate of drug-likeness (QED) is 0.185. The Hall–Kier alpha value is -2.55. The second-order valence-corrected chi connectivity index (χ2v) is 104. The van der Waals surface area contributed by atoms with E-state index in [4.69, 9.17) is 0 Å². The second-order valence-electron chi connectivity index (χ2n) is 17.2. The third-order valence-electron chi connectivity index (χ3n) is 10.5. The van der Waals surface area contributed by atoms with Crippen molar-refractivity contribution in [2.75, 3.05) is 0 Å². The summed E-state index contributed by atoms with van der Waals surface area (Å²) in [6, 6.07) is 27.8. The summed E-state index contributed by atoms with van der Waals surface area (Å²) in [6.45, 7) is 11.3. The van der Waals surface area contributed by atoms with Crippen LogP contribution in [0.1, 0.15) is 51.9 Å². The molecule has 2 atom stereocenters. The molecule has 0 aromatic heterocycles. The summed E-state index contributed by atoms with van der Waals surface area (Å²) in [5.41, 5.74) is 16.6. The third-order valence-corrected chi connectivity index (χ3v) is 44.9. The first-order chi connectivity index (χ1) is 18.5. The van der Waals surface area contributed by atoms with Gasteiger partial charge in [0.25, 0.3) is 0 Å². The summed E-state index contributed by atoms with van der Waals surface area (Å²) in [5, 5.41) is 0. The minimum atomic E-state index is -4.75. The predicted octanol–water partition coefficient (Wildman–Crippen LogP) is 10.6. The summed E-state index contributed by atoms with van der Waals surface area (Å²) < 4.78 is 11.7. The summed E-state index contributed by atoms with van der Waals surface area (Å²) in [4.78, 5) is 0. The molecule has 2 aliphatic carbocycles. The molecule has 204 valence electrons. The number of hydrogen-bond acceptors (Lipinski definition) is 0. The first-order valence-electron chi connectivity index (χ1n) is 14.9. The zero-order valence-corrected chi connectivity index (χ0v) is 30.6. The fourth-order valence-corrected chi connectivity index (χ4v) is 36.9. The maximum atomic E-state index is 2.73. The van der Waals surface area contributed by atoms with Gasteiger partial charge in [0.2, 0.25) is 0 Å². The molecule has 2 unspecified atom stereocenters. The zero-order valence-electron chi connectivity index (χ0n) is 25.6. The minimum absolute atomic E-state index is 0.410. The van der Waals surface area contributed by atoms with Crippen LogP contribution in [-0.2, 0) is 14.2 Å². The summed E-state index contributed by atoms with van der Waals surface area (Å²) in [7, 11) is 0. The van der Waals surface area contributed by atoms with Gasteiger partial charge in [-0.3, -0.25) is 0 Å². The average molecular weight is 707 g/mol. The van der Waals surface area contributed by atoms with Gasteiger partial charge in [-0.1, -0.05) is 0 Å². The van der Waals surface area contributed by atoms with Gasteiger partial charge < -0.3 is 0 Å². The van der Waals surface area contributed by atoms with E-state index < -0.39 is 14.2 Å². The molecular formula is C38H44HfSi. The molecule has 2 aliphatic rings. The van der Waals surface area contributed by atoms with Crippen LogP contribution in [0, 0.1) is 27.7 Å². The molecule has 0 N–H and O–H groups in total. The molecule has 4 aromatic carbocycles. The fourth-order valence-electron chi connectivity index (χ4n) is 8.05. The van der Waals surface area contributed by atoms with Crippen molar-refractivity contribution in [2.24, 2.45) is 0 Å². The Balaban J connectivity index is 1.54. The molecule has 4 aromatic rings. The number of rotatable bonds is 4. The van der Waals surface area contributed by atoms with Crippen LogP contribution >= 0.6 is 0 Å². The van der Waals surface area contributed by atoms with E-state index in [2.05, 4.69) is 150 Å². The van der Waals surface area contributed by atoms with Crippen LogP contribution in [0.3, 0.4) is 0 Å². The van der Waals surface area contributed by atoms with E-state index in [0.717, 1.165) is 0 Å². The van der Waals surface area contributed by atoms with Crippen LogP contribution in [0.25, 0.3) is 34.4 Å². The van der Waals surface area contributed by atoms with Gasteiger partial charge >= 0.3 is 239 Å². The van der Waals surface area contributed by atoms with Crippen LogP contribution in [0.4, 0.5) is 0 Å². The van der Waals surface area contributed by atoms with Crippen molar-refractivity contribution in [2.45, 2.75) is 53.8 Å². The number of aryl methyl sites for hydroxylation is 4. The van der Waals surface area contributed by atoms with Crippen molar-refractivity contribution >= 4 is 19.1 Å². The molecule has 6 rings (SSSR count). The van der Waals surface area contributed by atoms with Gasteiger partial charge in [0, 0.05) is 0 Å². The topological polar surface area (TPSA) is 0 Å². The van der Waals surface area contributed by atoms with Crippen molar-refractivity contribution in [3.63, 3.8) is 0 Å². The standard InChI is InChI=1S/2C17H15.4CH3.Hf.H2Si/c2*1-12-9-10-13(2)17(11-12)16-8-4-6-14-5-3-7-15(14)16;;;;;;/h2*3-11H,1-2H3;4*1H3;;1H2. The molecule has 40 heavy (non-hydrogen) atoms. The van der Waals surface area contributed by atoms with Gasteiger partial charge in [-0.2, -0.15) is 0 Å². The fraction of sp³-hybridized carbons (Fsp3) is 0.263. The molecular weight excluding hydrogens is 663 g/mol. The molecule has 0 saturated heterocycles. The van der Waals surface area contributed by atoms with Crippen molar-refractivity contribution < 1.29 is 14.2 Å². The average Bonchev–Trinajstić information content (AvgIpc) is 3.53. The molecule has 0 heterocycles. The number of benzene rings is 4. The van der Waals surface area contributed by atoms with E-state index in [1.165, 1.54) is 66.8 Å². The van der Waals surface area contributed by atoms with Crippen molar-refractivity contribution in [3.05, 3.63) is 129 Å². The van der Waals surface area contributed by atoms with Gasteiger partial charge in [-0.25, -0.2) is 0 Å². The molecule has 0 fully saturated rings. The Bertz CT molecular complexity index is 1800. The Morgan fingerprint density at radius 3 is 1.32 bits per heavy atom. The van der Waals surface area contributed by atoms with Gasteiger partial charge in [0.15, 0.2) is 0 Å². The molecule has 0 nitrogen and oxygen atoms in total. The Kier molecular flexibility index (Phi) is 5.41. The summed E-state index contributed by atoms with van der Waals surface area (Å²) in [6.07, 6.45) is 10.1. The van der Waals surface area contributed by atoms with Gasteiger partial charge in [0.1, 0.15) is 0 Å². The third kappa shape index (κ3) is 4.09. The van der Waals surface area contributed by atoms with Gasteiger partial charge in [-0.05, 0) is 0 Å². The van der Waals surface area contributed by atoms with Crippen molar-refractivity contribution in [3.8, 4) is 22.3 Å². The van der Waals surface area contributed by atoms with E-state index in [0.29, 0.717) is 7.35 Å². The number of allylic oxidation sites excluding steroid dienone is 2. The first kappa shape index (κ1) is 27.6. The van der Waals surface area contributed by atoms with Crippen LogP contribution in [0.5, 0.6) is 0 Å². The number of fused-ring (bicyclic) bond motifs is 2. The Morgan fingerprint density at radius 2 is 0.925 bits per heavy atom. The van der Waals surface area contributed by atoms with Crippen LogP contribution < -0.4 is 0 Å². The molecule has 0 radical (unpaired) electrons. The van der Waals surface area contributed by atoms with E-state index >= 15 is 0 Å². The van der Waals surface area contributed by atoms with Gasteiger partial charge in [-0.15, -0.1) is 0 Å². The molecule has 0 spiro atoms. The normalized spacial score (nSPS) is 20.4. The van der Waals surface area contributed by atoms with E-state index in [1.807, 2.05) is 0 Å². The van der Waals surface area contributed by atoms with Crippen LogP contribution in [0.15, 0.2) is 84.9 Å². The van der Waals surface area contributed by atoms with E-state index in [9.17, 15) is 0 Å². The summed E-state index contributed by atoms with van der Waals surface area (Å²) in [5.74, 6) is 0. The first-order valence-corrected chi connectivity index (χ1v) is 41.7. The Labute approximate surface area is 237 Å². The van der Waals surface area contributed by atoms with Gasteiger partial charge in [0.05, 0.1) is 0 Å². The second kappa shape index (κ2) is 7.84. The van der Waals surface area contributed by atoms with E-state index in [1.54, 1.807) is 0 Å². The molecule has 2 heteroatoms.